The Labute approximate surface area is 196 Å². The summed E-state index contributed by atoms with van der Waals surface area (Å²) < 4.78 is 16.7. The molecule has 164 valence electrons. The minimum atomic E-state index is -0.601. The van der Waals surface area contributed by atoms with Crippen LogP contribution in [0.1, 0.15) is 31.0 Å². The first-order valence-corrected chi connectivity index (χ1v) is 10.8. The maximum absolute atomic E-state index is 12.6. The Morgan fingerprint density at radius 1 is 1.19 bits per heavy atom. The standard InChI is InChI=1S/C22H22Cl2N2O4S/c1-4-29-21(27)19-12(2)25-22(31)26-20(19)13-6-8-17(18(9-13)28-3)30-11-14-5-7-15(23)10-16(14)24/h5-10,19-20H,4,11H2,1-3H3,(H,26,31). The summed E-state index contributed by atoms with van der Waals surface area (Å²) in [7, 11) is 1.55. The molecular formula is C22H22Cl2N2O4S. The largest absolute Gasteiger partial charge is 0.493 e. The third-order valence-electron chi connectivity index (χ3n) is 4.83. The number of hydrogen-bond acceptors (Lipinski definition) is 5. The van der Waals surface area contributed by atoms with E-state index in [1.54, 1.807) is 39.2 Å². The van der Waals surface area contributed by atoms with Crippen LogP contribution in [0.3, 0.4) is 0 Å². The van der Waals surface area contributed by atoms with Crippen molar-refractivity contribution in [1.82, 2.24) is 5.32 Å². The average molecular weight is 481 g/mol. The monoisotopic (exact) mass is 480 g/mol. The molecule has 2 atom stereocenters. The van der Waals surface area contributed by atoms with E-state index in [1.807, 2.05) is 18.2 Å². The second-order valence-electron chi connectivity index (χ2n) is 6.84. The van der Waals surface area contributed by atoms with Crippen LogP contribution in [0.25, 0.3) is 0 Å². The lowest BCUT2D eigenvalue weighted by Crippen LogP contribution is -2.44. The van der Waals surface area contributed by atoms with E-state index in [2.05, 4.69) is 10.3 Å². The van der Waals surface area contributed by atoms with Crippen molar-refractivity contribution in [3.63, 3.8) is 0 Å². The number of ether oxygens (including phenoxy) is 3. The van der Waals surface area contributed by atoms with Gasteiger partial charge < -0.3 is 19.5 Å². The first kappa shape index (κ1) is 23.3. The summed E-state index contributed by atoms with van der Waals surface area (Å²) in [5.41, 5.74) is 2.19. The number of esters is 1. The molecule has 1 aliphatic heterocycles. The number of aliphatic imine (C=N–C) groups is 1. The molecule has 2 aromatic rings. The Morgan fingerprint density at radius 3 is 2.65 bits per heavy atom. The van der Waals surface area contributed by atoms with Crippen LogP contribution in [-0.2, 0) is 16.1 Å². The van der Waals surface area contributed by atoms with Crippen molar-refractivity contribution < 1.29 is 19.0 Å². The quantitative estimate of drug-likeness (QED) is 0.436. The molecule has 9 heteroatoms. The second kappa shape index (κ2) is 10.3. The Morgan fingerprint density at radius 2 is 1.97 bits per heavy atom. The number of halogens is 2. The van der Waals surface area contributed by atoms with Gasteiger partial charge in [-0.3, -0.25) is 4.79 Å². The molecule has 0 spiro atoms. The molecule has 0 saturated heterocycles. The topological polar surface area (TPSA) is 69.2 Å². The van der Waals surface area contributed by atoms with Crippen molar-refractivity contribution in [2.75, 3.05) is 13.7 Å². The fourth-order valence-corrected chi connectivity index (χ4v) is 4.06. The molecule has 0 bridgehead atoms. The van der Waals surface area contributed by atoms with E-state index in [-0.39, 0.29) is 19.2 Å². The normalized spacial score (nSPS) is 18.1. The molecular weight excluding hydrogens is 459 g/mol. The van der Waals surface area contributed by atoms with Crippen molar-refractivity contribution in [3.05, 3.63) is 57.6 Å². The lowest BCUT2D eigenvalue weighted by Gasteiger charge is -2.31. The predicted molar refractivity (Wildman–Crippen MR) is 125 cm³/mol. The fourth-order valence-electron chi connectivity index (χ4n) is 3.33. The third kappa shape index (κ3) is 5.47. The van der Waals surface area contributed by atoms with E-state index in [9.17, 15) is 4.79 Å². The highest BCUT2D eigenvalue weighted by molar-refractivity contribution is 7.80. The van der Waals surface area contributed by atoms with Gasteiger partial charge in [0.2, 0.25) is 0 Å². The van der Waals surface area contributed by atoms with Crippen molar-refractivity contribution in [2.24, 2.45) is 10.9 Å². The zero-order valence-electron chi connectivity index (χ0n) is 17.3. The van der Waals surface area contributed by atoms with Crippen LogP contribution in [0.5, 0.6) is 11.5 Å². The third-order valence-corrected chi connectivity index (χ3v) is 5.62. The van der Waals surface area contributed by atoms with Crippen LogP contribution in [-0.4, -0.2) is 30.5 Å². The number of benzene rings is 2. The number of nitrogens with zero attached hydrogens (tertiary/aromatic N) is 1. The van der Waals surface area contributed by atoms with Gasteiger partial charge in [0.25, 0.3) is 0 Å². The van der Waals surface area contributed by atoms with Gasteiger partial charge in [0, 0.05) is 21.3 Å². The molecule has 2 unspecified atom stereocenters. The van der Waals surface area contributed by atoms with Gasteiger partial charge in [0.1, 0.15) is 12.5 Å². The van der Waals surface area contributed by atoms with Crippen LogP contribution in [0.4, 0.5) is 0 Å². The van der Waals surface area contributed by atoms with Gasteiger partial charge >= 0.3 is 5.97 Å². The Hall–Kier alpha value is -2.35. The Kier molecular flexibility index (Phi) is 7.75. The van der Waals surface area contributed by atoms with Crippen molar-refractivity contribution in [3.8, 4) is 11.5 Å². The first-order valence-electron chi connectivity index (χ1n) is 9.61. The highest BCUT2D eigenvalue weighted by atomic mass is 35.5. The van der Waals surface area contributed by atoms with E-state index >= 15 is 0 Å². The van der Waals surface area contributed by atoms with Crippen LogP contribution in [0.2, 0.25) is 10.0 Å². The Balaban J connectivity index is 1.86. The molecule has 0 fully saturated rings. The first-order chi connectivity index (χ1) is 14.8. The maximum atomic E-state index is 12.6. The summed E-state index contributed by atoms with van der Waals surface area (Å²) in [5, 5.41) is 4.51. The van der Waals surface area contributed by atoms with Gasteiger partial charge in [-0.15, -0.1) is 0 Å². The fraction of sp³-hybridized carbons (Fsp3) is 0.318. The molecule has 6 nitrogen and oxygen atoms in total. The number of rotatable bonds is 7. The molecule has 0 aromatic heterocycles. The van der Waals surface area contributed by atoms with Gasteiger partial charge in [-0.25, -0.2) is 4.99 Å². The van der Waals surface area contributed by atoms with Crippen molar-refractivity contribution in [1.29, 1.82) is 0 Å². The smallest absolute Gasteiger partial charge is 0.317 e. The van der Waals surface area contributed by atoms with Crippen molar-refractivity contribution >= 4 is 52.2 Å². The summed E-state index contributed by atoms with van der Waals surface area (Å²) >= 11 is 17.4. The van der Waals surface area contributed by atoms with Crippen LogP contribution < -0.4 is 14.8 Å². The predicted octanol–water partition coefficient (Wildman–Crippen LogP) is 5.15. The van der Waals surface area contributed by atoms with Gasteiger partial charge in [-0.1, -0.05) is 35.3 Å². The second-order valence-corrected chi connectivity index (χ2v) is 8.08. The number of thiocarbonyl (C=S) groups is 1. The SMILES string of the molecule is CCOC(=O)C1C(C)=NC(=S)NC1c1ccc(OCc2ccc(Cl)cc2Cl)c(OC)c1. The van der Waals surface area contributed by atoms with E-state index in [0.717, 1.165) is 11.1 Å². The number of carbonyl (C=O) groups is 1. The van der Waals surface area contributed by atoms with E-state index in [0.29, 0.717) is 32.4 Å². The molecule has 2 aromatic carbocycles. The van der Waals surface area contributed by atoms with Crippen molar-refractivity contribution in [2.45, 2.75) is 26.5 Å². The molecule has 1 N–H and O–H groups in total. The molecule has 3 rings (SSSR count). The van der Waals surface area contributed by atoms with E-state index < -0.39 is 12.0 Å². The molecule has 0 aliphatic carbocycles. The average Bonchev–Trinajstić information content (AvgIpc) is 2.72. The number of nitrogens with one attached hydrogen (secondary N) is 1. The van der Waals surface area contributed by atoms with Gasteiger partial charge in [-0.05, 0) is 55.9 Å². The summed E-state index contributed by atoms with van der Waals surface area (Å²) in [6.07, 6.45) is 0. The van der Waals surface area contributed by atoms with Crippen LogP contribution in [0, 0.1) is 5.92 Å². The number of carbonyl (C=O) groups excluding carboxylic acids is 1. The van der Waals surface area contributed by atoms with Gasteiger partial charge in [0.15, 0.2) is 16.6 Å². The number of hydrogen-bond donors (Lipinski definition) is 1. The lowest BCUT2D eigenvalue weighted by molar-refractivity contribution is -0.146. The van der Waals surface area contributed by atoms with Gasteiger partial charge in [0.05, 0.1) is 19.8 Å². The highest BCUT2D eigenvalue weighted by Gasteiger charge is 2.37. The minimum absolute atomic E-state index is 0.245. The van der Waals surface area contributed by atoms with E-state index in [1.165, 1.54) is 0 Å². The molecule has 0 radical (unpaired) electrons. The van der Waals surface area contributed by atoms with Crippen LogP contribution >= 0.6 is 35.4 Å². The molecule has 0 saturated carbocycles. The molecule has 0 amide bonds. The zero-order valence-corrected chi connectivity index (χ0v) is 19.6. The van der Waals surface area contributed by atoms with E-state index in [4.69, 9.17) is 49.6 Å². The number of methoxy groups -OCH3 is 1. The summed E-state index contributed by atoms with van der Waals surface area (Å²) in [4.78, 5) is 16.8. The maximum Gasteiger partial charge on any atom is 0.317 e. The summed E-state index contributed by atoms with van der Waals surface area (Å²) in [6.45, 7) is 4.06. The molecule has 1 aliphatic rings. The zero-order chi connectivity index (χ0) is 22.5. The minimum Gasteiger partial charge on any atom is -0.493 e. The molecule has 31 heavy (non-hydrogen) atoms. The molecule has 1 heterocycles. The lowest BCUT2D eigenvalue weighted by atomic mass is 9.88. The highest BCUT2D eigenvalue weighted by Crippen LogP contribution is 2.35. The Bertz CT molecular complexity index is 1030. The summed E-state index contributed by atoms with van der Waals surface area (Å²) in [5.74, 6) is 0.0863. The van der Waals surface area contributed by atoms with Gasteiger partial charge in [-0.2, -0.15) is 0 Å². The van der Waals surface area contributed by atoms with Crippen LogP contribution in [0.15, 0.2) is 41.4 Å². The summed E-state index contributed by atoms with van der Waals surface area (Å²) in [6, 6.07) is 10.2.